The SMILES string of the molecule is COc1c(Cl)cc(C(=O)OCC(=O)N[C@H](C)c2cccs2)cc1Cl. The lowest BCUT2D eigenvalue weighted by Crippen LogP contribution is -2.30. The molecule has 24 heavy (non-hydrogen) atoms. The fourth-order valence-electron chi connectivity index (χ4n) is 1.98. The highest BCUT2D eigenvalue weighted by Crippen LogP contribution is 2.33. The molecule has 0 bridgehead atoms. The monoisotopic (exact) mass is 387 g/mol. The van der Waals surface area contributed by atoms with Gasteiger partial charge in [0.1, 0.15) is 0 Å². The number of amides is 1. The van der Waals surface area contributed by atoms with Gasteiger partial charge in [-0.2, -0.15) is 0 Å². The zero-order chi connectivity index (χ0) is 17.7. The zero-order valence-corrected chi connectivity index (χ0v) is 15.3. The fourth-order valence-corrected chi connectivity index (χ4v) is 3.35. The molecule has 0 aliphatic carbocycles. The van der Waals surface area contributed by atoms with Crippen molar-refractivity contribution in [2.45, 2.75) is 13.0 Å². The lowest BCUT2D eigenvalue weighted by Gasteiger charge is -2.13. The van der Waals surface area contributed by atoms with Gasteiger partial charge in [0.05, 0.1) is 28.8 Å². The Bertz CT molecular complexity index is 711. The highest BCUT2D eigenvalue weighted by Gasteiger charge is 2.17. The molecule has 5 nitrogen and oxygen atoms in total. The van der Waals surface area contributed by atoms with E-state index in [2.05, 4.69) is 5.32 Å². The van der Waals surface area contributed by atoms with Crippen molar-refractivity contribution in [1.29, 1.82) is 0 Å². The van der Waals surface area contributed by atoms with Gasteiger partial charge in [0, 0.05) is 4.88 Å². The summed E-state index contributed by atoms with van der Waals surface area (Å²) >= 11 is 13.5. The number of thiophene rings is 1. The maximum Gasteiger partial charge on any atom is 0.338 e. The van der Waals surface area contributed by atoms with Gasteiger partial charge < -0.3 is 14.8 Å². The first kappa shape index (κ1) is 18.6. The Kier molecular flexibility index (Phi) is 6.48. The highest BCUT2D eigenvalue weighted by molar-refractivity contribution is 7.10. The maximum atomic E-state index is 12.0. The number of ether oxygens (including phenoxy) is 2. The van der Waals surface area contributed by atoms with Crippen LogP contribution in [-0.4, -0.2) is 25.6 Å². The predicted octanol–water partition coefficient (Wildman–Crippen LogP) is 4.10. The van der Waals surface area contributed by atoms with Gasteiger partial charge in [0.25, 0.3) is 5.91 Å². The first-order valence-electron chi connectivity index (χ1n) is 6.95. The molecule has 1 aromatic heterocycles. The largest absolute Gasteiger partial charge is 0.494 e. The van der Waals surface area contributed by atoms with Crippen LogP contribution in [0.15, 0.2) is 29.6 Å². The number of carbonyl (C=O) groups excluding carboxylic acids is 2. The normalized spacial score (nSPS) is 11.7. The number of methoxy groups -OCH3 is 1. The topological polar surface area (TPSA) is 64.6 Å². The molecule has 1 atom stereocenters. The molecule has 0 saturated carbocycles. The summed E-state index contributed by atoms with van der Waals surface area (Å²) in [5, 5.41) is 5.05. The van der Waals surface area contributed by atoms with E-state index in [-0.39, 0.29) is 27.4 Å². The number of halogens is 2. The molecule has 0 radical (unpaired) electrons. The second-order valence-electron chi connectivity index (χ2n) is 4.85. The van der Waals surface area contributed by atoms with E-state index in [0.717, 1.165) is 4.88 Å². The number of nitrogens with one attached hydrogen (secondary N) is 1. The van der Waals surface area contributed by atoms with Crippen LogP contribution in [-0.2, 0) is 9.53 Å². The van der Waals surface area contributed by atoms with Gasteiger partial charge in [0.2, 0.25) is 0 Å². The summed E-state index contributed by atoms with van der Waals surface area (Å²) in [6, 6.07) is 6.42. The summed E-state index contributed by atoms with van der Waals surface area (Å²) in [4.78, 5) is 24.9. The Balaban J connectivity index is 1.92. The van der Waals surface area contributed by atoms with E-state index in [1.807, 2.05) is 24.4 Å². The summed E-state index contributed by atoms with van der Waals surface area (Å²) in [5.41, 5.74) is 0.143. The molecular formula is C16H15Cl2NO4S. The molecule has 1 heterocycles. The Labute approximate surface area is 153 Å². The Morgan fingerprint density at radius 2 is 1.96 bits per heavy atom. The molecule has 0 fully saturated rings. The molecule has 2 aromatic rings. The Morgan fingerprint density at radius 3 is 2.50 bits per heavy atom. The van der Waals surface area contributed by atoms with Crippen LogP contribution in [0.5, 0.6) is 5.75 Å². The van der Waals surface area contributed by atoms with Gasteiger partial charge >= 0.3 is 5.97 Å². The van der Waals surface area contributed by atoms with Crippen LogP contribution in [0, 0.1) is 0 Å². The van der Waals surface area contributed by atoms with Crippen LogP contribution < -0.4 is 10.1 Å². The number of benzene rings is 1. The van der Waals surface area contributed by atoms with E-state index in [0.29, 0.717) is 0 Å². The molecule has 2 rings (SSSR count). The lowest BCUT2D eigenvalue weighted by molar-refractivity contribution is -0.124. The molecule has 0 saturated heterocycles. The molecule has 1 amide bonds. The molecule has 0 aliphatic rings. The molecule has 1 aromatic carbocycles. The Hall–Kier alpha value is -1.76. The van der Waals surface area contributed by atoms with Gasteiger partial charge in [0.15, 0.2) is 12.4 Å². The summed E-state index contributed by atoms with van der Waals surface area (Å²) < 4.78 is 9.99. The van der Waals surface area contributed by atoms with Crippen LogP contribution in [0.25, 0.3) is 0 Å². The first-order chi connectivity index (χ1) is 11.4. The van der Waals surface area contributed by atoms with Crippen molar-refractivity contribution in [2.24, 2.45) is 0 Å². The number of hydrogen-bond donors (Lipinski definition) is 1. The maximum absolute atomic E-state index is 12.0. The second-order valence-corrected chi connectivity index (χ2v) is 6.65. The zero-order valence-electron chi connectivity index (χ0n) is 13.0. The van der Waals surface area contributed by atoms with Crippen molar-refractivity contribution >= 4 is 46.4 Å². The van der Waals surface area contributed by atoms with Crippen molar-refractivity contribution in [3.05, 3.63) is 50.1 Å². The van der Waals surface area contributed by atoms with E-state index < -0.39 is 18.5 Å². The van der Waals surface area contributed by atoms with Crippen LogP contribution in [0.3, 0.4) is 0 Å². The summed E-state index contributed by atoms with van der Waals surface area (Å²) in [6.45, 7) is 1.46. The summed E-state index contributed by atoms with van der Waals surface area (Å²) in [5.74, 6) is -0.812. The van der Waals surface area contributed by atoms with Crippen LogP contribution in [0.1, 0.15) is 28.2 Å². The van der Waals surface area contributed by atoms with Crippen molar-refractivity contribution < 1.29 is 19.1 Å². The van der Waals surface area contributed by atoms with E-state index in [1.54, 1.807) is 0 Å². The fraction of sp³-hybridized carbons (Fsp3) is 0.250. The minimum Gasteiger partial charge on any atom is -0.494 e. The van der Waals surface area contributed by atoms with Crippen LogP contribution in [0.2, 0.25) is 10.0 Å². The van der Waals surface area contributed by atoms with Crippen molar-refractivity contribution in [3.8, 4) is 5.75 Å². The van der Waals surface area contributed by atoms with E-state index in [1.165, 1.54) is 30.6 Å². The summed E-state index contributed by atoms with van der Waals surface area (Å²) in [7, 11) is 1.42. The van der Waals surface area contributed by atoms with Gasteiger partial charge in [-0.05, 0) is 30.5 Å². The quantitative estimate of drug-likeness (QED) is 0.757. The minimum absolute atomic E-state index is 0.143. The van der Waals surface area contributed by atoms with Gasteiger partial charge in [-0.15, -0.1) is 11.3 Å². The standard InChI is InChI=1S/C16H15Cl2NO4S/c1-9(13-4-3-5-24-13)19-14(20)8-23-16(21)10-6-11(17)15(22-2)12(18)7-10/h3-7,9H,8H2,1-2H3,(H,19,20)/t9-/m1/s1. The van der Waals surface area contributed by atoms with Gasteiger partial charge in [-0.3, -0.25) is 4.79 Å². The Morgan fingerprint density at radius 1 is 1.29 bits per heavy atom. The smallest absolute Gasteiger partial charge is 0.338 e. The molecule has 0 unspecified atom stereocenters. The van der Waals surface area contributed by atoms with Gasteiger partial charge in [-0.25, -0.2) is 4.79 Å². The van der Waals surface area contributed by atoms with E-state index in [4.69, 9.17) is 32.7 Å². The van der Waals surface area contributed by atoms with Crippen molar-refractivity contribution in [3.63, 3.8) is 0 Å². The van der Waals surface area contributed by atoms with Crippen LogP contribution in [0.4, 0.5) is 0 Å². The summed E-state index contributed by atoms with van der Waals surface area (Å²) in [6.07, 6.45) is 0. The average Bonchev–Trinajstić information content (AvgIpc) is 3.06. The number of esters is 1. The molecule has 0 aliphatic heterocycles. The second kappa shape index (κ2) is 8.37. The third-order valence-electron chi connectivity index (χ3n) is 3.12. The lowest BCUT2D eigenvalue weighted by atomic mass is 10.2. The third-order valence-corrected chi connectivity index (χ3v) is 4.74. The molecular weight excluding hydrogens is 373 g/mol. The van der Waals surface area contributed by atoms with E-state index in [9.17, 15) is 9.59 Å². The number of rotatable bonds is 6. The van der Waals surface area contributed by atoms with Gasteiger partial charge in [-0.1, -0.05) is 29.3 Å². The third kappa shape index (κ3) is 4.63. The molecule has 128 valence electrons. The molecule has 0 spiro atoms. The number of hydrogen-bond acceptors (Lipinski definition) is 5. The molecule has 1 N–H and O–H groups in total. The average molecular weight is 388 g/mol. The van der Waals surface area contributed by atoms with Crippen molar-refractivity contribution in [2.75, 3.05) is 13.7 Å². The minimum atomic E-state index is -0.694. The predicted molar refractivity (Wildman–Crippen MR) is 94.2 cm³/mol. The highest BCUT2D eigenvalue weighted by atomic mass is 35.5. The van der Waals surface area contributed by atoms with E-state index >= 15 is 0 Å². The molecule has 8 heteroatoms. The number of carbonyl (C=O) groups is 2. The first-order valence-corrected chi connectivity index (χ1v) is 8.59. The van der Waals surface area contributed by atoms with Crippen molar-refractivity contribution in [1.82, 2.24) is 5.32 Å². The van der Waals surface area contributed by atoms with Crippen LogP contribution >= 0.6 is 34.5 Å².